The van der Waals surface area contributed by atoms with Crippen LogP contribution in [0.1, 0.15) is 295 Å². The summed E-state index contributed by atoms with van der Waals surface area (Å²) < 4.78 is 21.5. The van der Waals surface area contributed by atoms with Crippen molar-refractivity contribution in [2.45, 2.75) is 312 Å². The second kappa shape index (κ2) is 36.2. The monoisotopic (exact) mass is 1690 g/mol. The van der Waals surface area contributed by atoms with Crippen LogP contribution in [0, 0.1) is 119 Å². The Morgan fingerprint density at radius 1 is 0.308 bits per heavy atom. The molecule has 14 heterocycles. The van der Waals surface area contributed by atoms with Crippen molar-refractivity contribution < 1.29 is 0 Å². The van der Waals surface area contributed by atoms with Gasteiger partial charge < -0.3 is 0 Å². The Kier molecular flexibility index (Phi) is 28.4. The Labute approximate surface area is 700 Å². The van der Waals surface area contributed by atoms with Crippen molar-refractivity contribution in [1.82, 2.24) is 0 Å². The predicted molar refractivity (Wildman–Crippen MR) is 508 cm³/mol. The Balaban J connectivity index is 0.000000117. The molecule has 0 aromatic carbocycles. The smallest absolute Gasteiger partial charge is 0.0485 e. The van der Waals surface area contributed by atoms with Gasteiger partial charge in [-0.1, -0.05) is 132 Å². The Hall–Kier alpha value is -2.38. The van der Waals surface area contributed by atoms with Crippen molar-refractivity contribution in [2.75, 3.05) is 0 Å². The van der Waals surface area contributed by atoms with Gasteiger partial charge in [0.05, 0.1) is 0 Å². The summed E-state index contributed by atoms with van der Waals surface area (Å²) in [5.41, 5.74) is 22.5. The molecule has 0 aliphatic heterocycles. The van der Waals surface area contributed by atoms with E-state index in [1.165, 1.54) is 232 Å². The van der Waals surface area contributed by atoms with Gasteiger partial charge in [-0.05, 0) is 317 Å². The molecule has 0 bridgehead atoms. The van der Waals surface area contributed by atoms with Crippen LogP contribution >= 0.6 is 159 Å². The lowest BCUT2D eigenvalue weighted by Crippen LogP contribution is -2.14. The summed E-state index contributed by atoms with van der Waals surface area (Å²) in [6.07, 6.45) is 32.0. The van der Waals surface area contributed by atoms with E-state index in [4.69, 9.17) is 0 Å². The molecule has 0 unspecified atom stereocenters. The number of aryl methyl sites for hydroxylation is 15. The fourth-order valence-corrected chi connectivity index (χ4v) is 36.0. The molecule has 4 fully saturated rings. The number of fused-ring (bicyclic) bond motifs is 7. The summed E-state index contributed by atoms with van der Waals surface area (Å²) in [5, 5.41) is 16.0. The molecular weight excluding hydrogens is 1570 g/mol. The van der Waals surface area contributed by atoms with Crippen molar-refractivity contribution in [3.8, 4) is 0 Å². The Bertz CT molecular complexity index is 5130. The van der Waals surface area contributed by atoms with E-state index in [2.05, 4.69) is 235 Å². The molecule has 14 aromatic rings. The van der Waals surface area contributed by atoms with Gasteiger partial charge in [0, 0.05) is 99.9 Å². The zero-order valence-corrected chi connectivity index (χ0v) is 80.2. The normalized spacial score (nSPS) is 15.9. The third-order valence-electron chi connectivity index (χ3n) is 23.1. The van der Waals surface area contributed by atoms with E-state index in [9.17, 15) is 0 Å². The van der Waals surface area contributed by atoms with E-state index in [-0.39, 0.29) is 0 Å². The van der Waals surface area contributed by atoms with Crippen LogP contribution in [0.2, 0.25) is 0 Å². The first kappa shape index (κ1) is 84.0. The average molecular weight is 1690 g/mol. The highest BCUT2D eigenvalue weighted by Gasteiger charge is 2.31. The van der Waals surface area contributed by atoms with Crippen LogP contribution in [0.4, 0.5) is 0 Å². The Morgan fingerprint density at radius 3 is 0.907 bits per heavy atom. The van der Waals surface area contributed by atoms with Gasteiger partial charge in [-0.25, -0.2) is 0 Å². The van der Waals surface area contributed by atoms with E-state index in [1.54, 1.807) is 94.0 Å². The summed E-state index contributed by atoms with van der Waals surface area (Å²) in [4.78, 5) is 11.4. The lowest BCUT2D eigenvalue weighted by molar-refractivity contribution is 0.336. The molecular formula is C93H122S14. The van der Waals surface area contributed by atoms with E-state index in [1.807, 2.05) is 113 Å². The number of hydrogen-bond donors (Lipinski definition) is 0. The van der Waals surface area contributed by atoms with Gasteiger partial charge in [0.1, 0.15) is 0 Å². The van der Waals surface area contributed by atoms with Crippen molar-refractivity contribution >= 4 is 225 Å². The molecule has 0 nitrogen and oxygen atoms in total. The maximum atomic E-state index is 2.49. The SMILES string of the molecule is CCCc1sc2c(C)csc2c1C.Cc1csc2c(C)c(C3CCCC3)sc12.Cc1csc2c(C)c(C3CCCCC3)sc12.Cc1csc2c(C)c(CC(C)(C)C)sc12.Cc1csc2c(C)c(CC(C)(C)C)sc12.Cc1csc2c(C)c(CC3(C)CCCC3)sc12.Cc1csc2c(C)c(CC3CCCC3)sc12. The van der Waals surface area contributed by atoms with Crippen LogP contribution in [-0.2, 0) is 32.1 Å². The van der Waals surface area contributed by atoms with E-state index >= 15 is 0 Å². The molecule has 0 atom stereocenters. The van der Waals surface area contributed by atoms with Crippen LogP contribution in [0.5, 0.6) is 0 Å². The quantitative estimate of drug-likeness (QED) is 0.128. The summed E-state index contributed by atoms with van der Waals surface area (Å²) in [7, 11) is 0. The summed E-state index contributed by atoms with van der Waals surface area (Å²) in [6, 6.07) is 0. The largest absolute Gasteiger partial charge is 0.142 e. The molecule has 0 saturated heterocycles. The minimum absolute atomic E-state index is 0.394. The Morgan fingerprint density at radius 2 is 0.579 bits per heavy atom. The van der Waals surface area contributed by atoms with Gasteiger partial charge in [-0.15, -0.1) is 159 Å². The molecule has 0 spiro atoms. The van der Waals surface area contributed by atoms with Gasteiger partial charge in [0.15, 0.2) is 0 Å². The highest BCUT2D eigenvalue weighted by atomic mass is 32.2. The number of hydrogen-bond acceptors (Lipinski definition) is 14. The lowest BCUT2D eigenvalue weighted by atomic mass is 9.84. The van der Waals surface area contributed by atoms with E-state index < -0.39 is 0 Å². The zero-order chi connectivity index (χ0) is 76.6. The molecule has 107 heavy (non-hydrogen) atoms. The van der Waals surface area contributed by atoms with Crippen molar-refractivity contribution in [3.63, 3.8) is 0 Å². The highest BCUT2D eigenvalue weighted by molar-refractivity contribution is 7.31. The lowest BCUT2D eigenvalue weighted by Gasteiger charge is -2.22. The van der Waals surface area contributed by atoms with Crippen LogP contribution in [0.3, 0.4) is 0 Å². The number of rotatable bonds is 10. The molecule has 14 heteroatoms. The van der Waals surface area contributed by atoms with Gasteiger partial charge in [-0.3, -0.25) is 0 Å². The van der Waals surface area contributed by atoms with E-state index in [0.29, 0.717) is 16.2 Å². The first-order valence-electron chi connectivity index (χ1n) is 40.1. The summed E-state index contributed by atoms with van der Waals surface area (Å²) in [5.74, 6) is 2.73. The second-order valence-electron chi connectivity index (χ2n) is 35.1. The maximum Gasteiger partial charge on any atom is 0.0485 e. The summed E-state index contributed by atoms with van der Waals surface area (Å²) in [6.45, 7) is 50.3. The molecule has 18 rings (SSSR count). The van der Waals surface area contributed by atoms with Crippen LogP contribution < -0.4 is 0 Å². The minimum atomic E-state index is 0.394. The topological polar surface area (TPSA) is 0 Å². The molecule has 4 aliphatic carbocycles. The predicted octanol–water partition coefficient (Wildman–Crippen LogP) is 36.7. The molecule has 0 amide bonds. The van der Waals surface area contributed by atoms with Crippen LogP contribution in [0.15, 0.2) is 37.7 Å². The van der Waals surface area contributed by atoms with Gasteiger partial charge in [0.25, 0.3) is 0 Å². The second-order valence-corrected chi connectivity index (χ2v) is 48.9. The fraction of sp³-hybridized carbons (Fsp3) is 0.548. The molecule has 4 saturated carbocycles. The van der Waals surface area contributed by atoms with Crippen LogP contribution in [-0.4, -0.2) is 0 Å². The third kappa shape index (κ3) is 19.6. The zero-order valence-electron chi connectivity index (χ0n) is 68.8. The molecule has 14 aromatic heterocycles. The maximum absolute atomic E-state index is 2.49. The van der Waals surface area contributed by atoms with Crippen molar-refractivity contribution in [1.29, 1.82) is 0 Å². The standard InChI is InChI=1S/C15H20S2.2C14H18S2.C13H16S2.2C13H18S2.C11H14S2/c1-10-9-16-14-11(2)12(17-13(10)14)8-15(3)6-4-5-7-15;1-9-8-15-14-10(2)12(16-13(9)14)7-11-5-3-4-6-11;1-9-8-15-14-10(2)13(16-12(9)14)11-6-4-3-5-7-11;1-8-7-14-13-9(2)12(15-11(8)13)10-5-3-4-6-10;2*1-8-7-14-12-9(2)10(15-11(8)12)6-13(3,4)5;1-4-5-9-8(3)11-10(13-9)7(2)6-12-11/h9H,4-8H2,1-3H3;2*8,11H,3-7H2,1-2H3;7,10H,3-6H2,1-2H3;2*7H,6H2,1-5H3;6H,4-5H2,1-3H3. The van der Waals surface area contributed by atoms with E-state index in [0.717, 1.165) is 17.8 Å². The first-order valence-corrected chi connectivity index (χ1v) is 52.0. The summed E-state index contributed by atoms with van der Waals surface area (Å²) >= 11 is 27.6. The average Bonchev–Trinajstić information content (AvgIpc) is 1.67. The fourth-order valence-electron chi connectivity index (χ4n) is 16.7. The molecule has 4 aliphatic rings. The molecule has 578 valence electrons. The van der Waals surface area contributed by atoms with Crippen molar-refractivity contribution in [3.05, 3.63) is 150 Å². The molecule has 0 N–H and O–H groups in total. The first-order chi connectivity index (χ1) is 50.9. The van der Waals surface area contributed by atoms with Gasteiger partial charge in [-0.2, -0.15) is 0 Å². The highest BCUT2D eigenvalue weighted by Crippen LogP contribution is 2.50. The minimum Gasteiger partial charge on any atom is -0.142 e. The van der Waals surface area contributed by atoms with Gasteiger partial charge >= 0.3 is 0 Å². The van der Waals surface area contributed by atoms with Crippen molar-refractivity contribution in [2.24, 2.45) is 22.2 Å². The third-order valence-corrected chi connectivity index (χ3v) is 42.9. The molecule has 0 radical (unpaired) electrons. The van der Waals surface area contributed by atoms with Crippen LogP contribution in [0.25, 0.3) is 65.8 Å². The van der Waals surface area contributed by atoms with Gasteiger partial charge in [0.2, 0.25) is 0 Å². The number of thiophene rings is 14.